The smallest absolute Gasteiger partial charge is 0.339 e. The van der Waals surface area contributed by atoms with Crippen LogP contribution < -0.4 is 4.74 Å². The molecule has 2 aromatic rings. The number of ether oxygens (including phenoxy) is 1. The van der Waals surface area contributed by atoms with Gasteiger partial charge in [0.25, 0.3) is 0 Å². The van der Waals surface area contributed by atoms with E-state index in [2.05, 4.69) is 4.90 Å². The SMILES string of the molecule is COc1cc(C=C2CN(Cc3ccc(Cl)c(Cl)c3)CS2)cc(C(=O)O)c1O. The number of benzene rings is 2. The molecule has 3 rings (SSSR count). The number of thioether (sulfide) groups is 1. The highest BCUT2D eigenvalue weighted by Gasteiger charge is 2.20. The number of aromatic carboxylic acids is 1. The first-order valence-electron chi connectivity index (χ1n) is 8.01. The zero-order valence-corrected chi connectivity index (χ0v) is 16.7. The Labute approximate surface area is 171 Å². The summed E-state index contributed by atoms with van der Waals surface area (Å²) in [5, 5.41) is 20.3. The van der Waals surface area contributed by atoms with Gasteiger partial charge < -0.3 is 14.9 Å². The molecule has 0 spiro atoms. The van der Waals surface area contributed by atoms with Crippen molar-refractivity contribution in [3.05, 3.63) is 62.0 Å². The average molecular weight is 426 g/mol. The first-order chi connectivity index (χ1) is 12.9. The van der Waals surface area contributed by atoms with Crippen molar-refractivity contribution in [1.29, 1.82) is 0 Å². The Morgan fingerprint density at radius 3 is 2.74 bits per heavy atom. The number of methoxy groups -OCH3 is 1. The fourth-order valence-corrected chi connectivity index (χ4v) is 4.13. The van der Waals surface area contributed by atoms with E-state index >= 15 is 0 Å². The highest BCUT2D eigenvalue weighted by atomic mass is 35.5. The summed E-state index contributed by atoms with van der Waals surface area (Å²) in [4.78, 5) is 14.7. The highest BCUT2D eigenvalue weighted by Crippen LogP contribution is 2.35. The maximum absolute atomic E-state index is 11.3. The molecule has 2 N–H and O–H groups in total. The van der Waals surface area contributed by atoms with Crippen LogP contribution in [-0.4, -0.2) is 40.6 Å². The third-order valence-electron chi connectivity index (χ3n) is 4.08. The van der Waals surface area contributed by atoms with Crippen molar-refractivity contribution in [2.24, 2.45) is 0 Å². The van der Waals surface area contributed by atoms with Gasteiger partial charge in [0.15, 0.2) is 11.5 Å². The van der Waals surface area contributed by atoms with Crippen LogP contribution in [-0.2, 0) is 6.54 Å². The molecular weight excluding hydrogens is 409 g/mol. The summed E-state index contributed by atoms with van der Waals surface area (Å²) in [7, 11) is 1.39. The largest absolute Gasteiger partial charge is 0.504 e. The number of aromatic hydroxyl groups is 1. The molecule has 142 valence electrons. The first kappa shape index (κ1) is 19.9. The van der Waals surface area contributed by atoms with E-state index in [9.17, 15) is 15.0 Å². The van der Waals surface area contributed by atoms with E-state index in [1.165, 1.54) is 13.2 Å². The van der Waals surface area contributed by atoms with Crippen LogP contribution in [0.3, 0.4) is 0 Å². The maximum Gasteiger partial charge on any atom is 0.339 e. The lowest BCUT2D eigenvalue weighted by Crippen LogP contribution is -2.18. The van der Waals surface area contributed by atoms with Crippen molar-refractivity contribution in [3.8, 4) is 11.5 Å². The Balaban J connectivity index is 1.76. The molecule has 2 aromatic carbocycles. The van der Waals surface area contributed by atoms with Gasteiger partial charge in [0.05, 0.1) is 17.2 Å². The lowest BCUT2D eigenvalue weighted by atomic mass is 10.1. The zero-order chi connectivity index (χ0) is 19.6. The summed E-state index contributed by atoms with van der Waals surface area (Å²) in [6, 6.07) is 8.66. The van der Waals surface area contributed by atoms with Crippen LogP contribution in [0.25, 0.3) is 6.08 Å². The van der Waals surface area contributed by atoms with Crippen LogP contribution in [0.15, 0.2) is 35.2 Å². The van der Waals surface area contributed by atoms with E-state index in [0.717, 1.165) is 29.4 Å². The number of rotatable bonds is 5. The van der Waals surface area contributed by atoms with E-state index in [0.29, 0.717) is 15.6 Å². The lowest BCUT2D eigenvalue weighted by molar-refractivity contribution is 0.0693. The quantitative estimate of drug-likeness (QED) is 0.705. The Bertz CT molecular complexity index is 917. The molecule has 0 unspecified atom stereocenters. The predicted octanol–water partition coefficient (Wildman–Crippen LogP) is 4.95. The Morgan fingerprint density at radius 2 is 2.07 bits per heavy atom. The van der Waals surface area contributed by atoms with Crippen LogP contribution >= 0.6 is 35.0 Å². The number of carboxylic acid groups (broad SMARTS) is 1. The van der Waals surface area contributed by atoms with Gasteiger partial charge in [-0.05, 0) is 41.5 Å². The van der Waals surface area contributed by atoms with Gasteiger partial charge in [-0.15, -0.1) is 11.8 Å². The van der Waals surface area contributed by atoms with E-state index in [1.807, 2.05) is 18.2 Å². The van der Waals surface area contributed by atoms with Gasteiger partial charge in [0, 0.05) is 23.9 Å². The molecule has 0 aromatic heterocycles. The van der Waals surface area contributed by atoms with Crippen molar-refractivity contribution in [1.82, 2.24) is 4.90 Å². The standard InChI is InChI=1S/C19H17Cl2NO4S/c1-26-17-7-12(5-14(18(17)23)19(24)25)4-13-9-22(10-27-13)8-11-2-3-15(20)16(21)6-11/h2-7,23H,8-10H2,1H3,(H,24,25). The van der Waals surface area contributed by atoms with Crippen molar-refractivity contribution in [2.75, 3.05) is 19.5 Å². The summed E-state index contributed by atoms with van der Waals surface area (Å²) in [5.74, 6) is -0.621. The predicted molar refractivity (Wildman–Crippen MR) is 109 cm³/mol. The van der Waals surface area contributed by atoms with Gasteiger partial charge in [0.2, 0.25) is 0 Å². The summed E-state index contributed by atoms with van der Waals surface area (Å²) >= 11 is 13.7. The monoisotopic (exact) mass is 425 g/mol. The Kier molecular flexibility index (Phi) is 6.22. The normalized spacial score (nSPS) is 16.0. The van der Waals surface area contributed by atoms with Gasteiger partial charge in [-0.25, -0.2) is 4.79 Å². The minimum Gasteiger partial charge on any atom is -0.504 e. The molecule has 0 saturated carbocycles. The number of nitrogens with zero attached hydrogens (tertiary/aromatic N) is 1. The fourth-order valence-electron chi connectivity index (χ4n) is 2.79. The summed E-state index contributed by atoms with van der Waals surface area (Å²) < 4.78 is 5.08. The highest BCUT2D eigenvalue weighted by molar-refractivity contribution is 8.03. The van der Waals surface area contributed by atoms with Gasteiger partial charge in [-0.3, -0.25) is 4.90 Å². The van der Waals surface area contributed by atoms with Gasteiger partial charge in [0.1, 0.15) is 5.56 Å². The van der Waals surface area contributed by atoms with Crippen LogP contribution in [0.5, 0.6) is 11.5 Å². The minimum absolute atomic E-state index is 0.136. The third-order valence-corrected chi connectivity index (χ3v) is 5.93. The molecule has 27 heavy (non-hydrogen) atoms. The minimum atomic E-state index is -1.20. The van der Waals surface area contributed by atoms with E-state index in [1.54, 1.807) is 23.9 Å². The van der Waals surface area contributed by atoms with Crippen LogP contribution in [0, 0.1) is 0 Å². The maximum atomic E-state index is 11.3. The van der Waals surface area contributed by atoms with Crippen molar-refractivity contribution < 1.29 is 19.7 Å². The van der Waals surface area contributed by atoms with Gasteiger partial charge >= 0.3 is 5.97 Å². The molecule has 0 bridgehead atoms. The topological polar surface area (TPSA) is 70.0 Å². The van der Waals surface area contributed by atoms with Crippen molar-refractivity contribution >= 4 is 47.0 Å². The Hall–Kier alpha value is -1.86. The molecule has 1 aliphatic heterocycles. The van der Waals surface area contributed by atoms with Crippen LogP contribution in [0.4, 0.5) is 0 Å². The van der Waals surface area contributed by atoms with E-state index < -0.39 is 5.97 Å². The number of phenols is 1. The van der Waals surface area contributed by atoms with Crippen LogP contribution in [0.2, 0.25) is 10.0 Å². The zero-order valence-electron chi connectivity index (χ0n) is 14.4. The molecule has 5 nitrogen and oxygen atoms in total. The molecule has 8 heteroatoms. The van der Waals surface area contributed by atoms with Crippen molar-refractivity contribution in [3.63, 3.8) is 0 Å². The van der Waals surface area contributed by atoms with Gasteiger partial charge in [-0.1, -0.05) is 29.3 Å². The molecule has 1 heterocycles. The number of hydrogen-bond acceptors (Lipinski definition) is 5. The fraction of sp³-hybridized carbons (Fsp3) is 0.211. The number of hydrogen-bond donors (Lipinski definition) is 2. The molecule has 0 radical (unpaired) electrons. The number of halogens is 2. The summed E-state index contributed by atoms with van der Waals surface area (Å²) in [6.45, 7) is 1.47. The number of carboxylic acids is 1. The third kappa shape index (κ3) is 4.71. The lowest BCUT2D eigenvalue weighted by Gasteiger charge is -2.14. The Morgan fingerprint density at radius 1 is 1.30 bits per heavy atom. The molecule has 1 aliphatic rings. The van der Waals surface area contributed by atoms with Crippen LogP contribution in [0.1, 0.15) is 21.5 Å². The average Bonchev–Trinajstić information content (AvgIpc) is 3.06. The van der Waals surface area contributed by atoms with Gasteiger partial charge in [-0.2, -0.15) is 0 Å². The molecule has 1 saturated heterocycles. The van der Waals surface area contributed by atoms with E-state index in [4.69, 9.17) is 27.9 Å². The summed E-state index contributed by atoms with van der Waals surface area (Å²) in [5.41, 5.74) is 1.56. The number of carbonyl (C=O) groups is 1. The first-order valence-corrected chi connectivity index (χ1v) is 9.75. The summed E-state index contributed by atoms with van der Waals surface area (Å²) in [6.07, 6.45) is 1.91. The molecule has 0 amide bonds. The second kappa shape index (κ2) is 8.44. The molecule has 0 atom stereocenters. The molecule has 1 fully saturated rings. The second-order valence-electron chi connectivity index (χ2n) is 6.04. The molecular formula is C19H17Cl2NO4S. The van der Waals surface area contributed by atoms with E-state index in [-0.39, 0.29) is 17.1 Å². The molecule has 0 aliphatic carbocycles. The second-order valence-corrected chi connectivity index (χ2v) is 7.93. The van der Waals surface area contributed by atoms with Crippen molar-refractivity contribution in [2.45, 2.75) is 6.54 Å².